The molecule has 0 radical (unpaired) electrons. The second-order valence-corrected chi connectivity index (χ2v) is 4.78. The Bertz CT molecular complexity index is 523. The van der Waals surface area contributed by atoms with Gasteiger partial charge in [0.05, 0.1) is 5.56 Å². The van der Waals surface area contributed by atoms with Crippen molar-refractivity contribution in [3.05, 3.63) is 35.4 Å². The van der Waals surface area contributed by atoms with Gasteiger partial charge in [-0.1, -0.05) is 12.1 Å². The van der Waals surface area contributed by atoms with E-state index < -0.39 is 11.9 Å². The molecule has 0 unspecified atom stereocenters. The number of nitrogens with zero attached hydrogens (tertiary/aromatic N) is 1. The zero-order valence-electron chi connectivity index (χ0n) is 12.6. The first-order valence-electron chi connectivity index (χ1n) is 6.66. The van der Waals surface area contributed by atoms with Crippen LogP contribution < -0.4 is 0 Å². The van der Waals surface area contributed by atoms with Crippen molar-refractivity contribution in [2.45, 2.75) is 12.8 Å². The Morgan fingerprint density at radius 3 is 2.32 bits per heavy atom. The van der Waals surface area contributed by atoms with Gasteiger partial charge < -0.3 is 19.5 Å². The lowest BCUT2D eigenvalue weighted by atomic mass is 10.1. The lowest BCUT2D eigenvalue weighted by Gasteiger charge is -2.10. The maximum absolute atomic E-state index is 11.7. The van der Waals surface area contributed by atoms with Gasteiger partial charge in [-0.3, -0.25) is 9.59 Å². The molecule has 120 valence electrons. The van der Waals surface area contributed by atoms with Crippen LogP contribution >= 0.6 is 0 Å². The molecular weight excluding hydrogens is 290 g/mol. The summed E-state index contributed by atoms with van der Waals surface area (Å²) in [4.78, 5) is 34.8. The van der Waals surface area contributed by atoms with Crippen LogP contribution in [0.1, 0.15) is 22.3 Å². The van der Waals surface area contributed by atoms with Crippen LogP contribution in [-0.4, -0.2) is 55.3 Å². The molecule has 0 bridgehead atoms. The minimum absolute atomic E-state index is 0.0392. The zero-order valence-corrected chi connectivity index (χ0v) is 12.6. The SMILES string of the molecule is CN(C)C(=O)COCOC(=O)c1ccc(CCC(=O)O)cc1. The predicted molar refractivity (Wildman–Crippen MR) is 77.3 cm³/mol. The molecule has 7 nitrogen and oxygen atoms in total. The Balaban J connectivity index is 2.36. The number of rotatable bonds is 8. The average molecular weight is 309 g/mol. The van der Waals surface area contributed by atoms with Crippen LogP contribution in [0.15, 0.2) is 24.3 Å². The van der Waals surface area contributed by atoms with Crippen molar-refractivity contribution in [2.75, 3.05) is 27.5 Å². The molecular formula is C15H19NO6. The molecule has 0 aliphatic rings. The maximum atomic E-state index is 11.7. The Morgan fingerprint density at radius 2 is 1.77 bits per heavy atom. The van der Waals surface area contributed by atoms with E-state index in [9.17, 15) is 14.4 Å². The largest absolute Gasteiger partial charge is 0.481 e. The van der Waals surface area contributed by atoms with Crippen LogP contribution in [0.3, 0.4) is 0 Å². The Hall–Kier alpha value is -2.41. The van der Waals surface area contributed by atoms with Gasteiger partial charge in [0.15, 0.2) is 6.79 Å². The van der Waals surface area contributed by atoms with Crippen molar-refractivity contribution in [3.8, 4) is 0 Å². The van der Waals surface area contributed by atoms with Gasteiger partial charge in [0.2, 0.25) is 5.91 Å². The summed E-state index contributed by atoms with van der Waals surface area (Å²) in [5.74, 6) is -1.66. The normalized spacial score (nSPS) is 10.1. The van der Waals surface area contributed by atoms with Crippen LogP contribution in [-0.2, 0) is 25.5 Å². The van der Waals surface area contributed by atoms with E-state index in [1.54, 1.807) is 38.4 Å². The number of aliphatic carboxylic acids is 1. The second-order valence-electron chi connectivity index (χ2n) is 4.78. The van der Waals surface area contributed by atoms with E-state index in [2.05, 4.69) is 0 Å². The summed E-state index contributed by atoms with van der Waals surface area (Å²) >= 11 is 0. The van der Waals surface area contributed by atoms with Crippen molar-refractivity contribution in [1.29, 1.82) is 0 Å². The van der Waals surface area contributed by atoms with Gasteiger partial charge in [-0.25, -0.2) is 4.79 Å². The van der Waals surface area contributed by atoms with Gasteiger partial charge in [-0.15, -0.1) is 0 Å². The standard InChI is InChI=1S/C15H19NO6/c1-16(2)13(17)9-21-10-22-15(20)12-6-3-11(4-7-12)5-8-14(18)19/h3-4,6-7H,5,8-10H2,1-2H3,(H,18,19). The zero-order chi connectivity index (χ0) is 16.5. The minimum atomic E-state index is -0.868. The van der Waals surface area contributed by atoms with E-state index in [1.807, 2.05) is 0 Å². The summed E-state index contributed by atoms with van der Waals surface area (Å²) in [7, 11) is 3.20. The number of hydrogen-bond donors (Lipinski definition) is 1. The molecule has 0 aromatic heterocycles. The summed E-state index contributed by atoms with van der Waals surface area (Å²) < 4.78 is 9.81. The van der Waals surface area contributed by atoms with E-state index in [4.69, 9.17) is 14.6 Å². The quantitative estimate of drug-likeness (QED) is 0.436. The van der Waals surface area contributed by atoms with Gasteiger partial charge in [-0.05, 0) is 24.1 Å². The first-order chi connectivity index (χ1) is 10.4. The molecule has 1 amide bonds. The summed E-state index contributed by atoms with van der Waals surface area (Å²) in [5, 5.41) is 8.60. The molecule has 0 atom stereocenters. The van der Waals surface area contributed by atoms with Gasteiger partial charge in [0.1, 0.15) is 6.61 Å². The van der Waals surface area contributed by atoms with E-state index >= 15 is 0 Å². The summed E-state index contributed by atoms with van der Waals surface area (Å²) in [6.45, 7) is -0.465. The minimum Gasteiger partial charge on any atom is -0.481 e. The van der Waals surface area contributed by atoms with Crippen molar-refractivity contribution in [3.63, 3.8) is 0 Å². The Labute approximate surface area is 128 Å². The van der Waals surface area contributed by atoms with Crippen LogP contribution in [0.5, 0.6) is 0 Å². The van der Waals surface area contributed by atoms with Crippen molar-refractivity contribution >= 4 is 17.8 Å². The third-order valence-electron chi connectivity index (χ3n) is 2.81. The molecule has 0 saturated heterocycles. The van der Waals surface area contributed by atoms with Crippen LogP contribution in [0.4, 0.5) is 0 Å². The third-order valence-corrected chi connectivity index (χ3v) is 2.81. The monoisotopic (exact) mass is 309 g/mol. The highest BCUT2D eigenvalue weighted by molar-refractivity contribution is 5.89. The van der Waals surface area contributed by atoms with Crippen molar-refractivity contribution in [2.24, 2.45) is 0 Å². The first kappa shape index (κ1) is 17.6. The fraction of sp³-hybridized carbons (Fsp3) is 0.400. The number of carbonyl (C=O) groups is 3. The second kappa shape index (κ2) is 8.78. The van der Waals surface area contributed by atoms with E-state index in [0.717, 1.165) is 5.56 Å². The molecule has 1 N–H and O–H groups in total. The number of aryl methyl sites for hydroxylation is 1. The van der Waals surface area contributed by atoms with Gasteiger partial charge >= 0.3 is 11.9 Å². The van der Waals surface area contributed by atoms with Crippen LogP contribution in [0.25, 0.3) is 0 Å². The molecule has 0 aliphatic heterocycles. The molecule has 0 aliphatic carbocycles. The maximum Gasteiger partial charge on any atom is 0.340 e. The summed E-state index contributed by atoms with van der Waals surface area (Å²) in [5.41, 5.74) is 1.16. The predicted octanol–water partition coefficient (Wildman–Crippen LogP) is 0.923. The summed E-state index contributed by atoms with van der Waals surface area (Å²) in [6.07, 6.45) is 0.442. The molecule has 1 rings (SSSR count). The Morgan fingerprint density at radius 1 is 1.14 bits per heavy atom. The average Bonchev–Trinajstić information content (AvgIpc) is 2.49. The van der Waals surface area contributed by atoms with Crippen LogP contribution in [0.2, 0.25) is 0 Å². The Kier molecular flexibility index (Phi) is 7.04. The topological polar surface area (TPSA) is 93.1 Å². The van der Waals surface area contributed by atoms with Gasteiger partial charge in [0, 0.05) is 20.5 Å². The number of carboxylic acids is 1. The molecule has 7 heteroatoms. The van der Waals surface area contributed by atoms with E-state index in [-0.39, 0.29) is 25.7 Å². The number of amides is 1. The number of ether oxygens (including phenoxy) is 2. The highest BCUT2D eigenvalue weighted by Gasteiger charge is 2.09. The number of benzene rings is 1. The molecule has 0 heterocycles. The smallest absolute Gasteiger partial charge is 0.340 e. The van der Waals surface area contributed by atoms with Crippen molar-refractivity contribution < 1.29 is 29.0 Å². The lowest BCUT2D eigenvalue weighted by molar-refractivity contribution is -0.137. The first-order valence-corrected chi connectivity index (χ1v) is 6.66. The summed E-state index contributed by atoms with van der Waals surface area (Å²) in [6, 6.07) is 6.47. The fourth-order valence-electron chi connectivity index (χ4n) is 1.50. The third kappa shape index (κ3) is 6.36. The number of carboxylic acid groups (broad SMARTS) is 1. The molecule has 22 heavy (non-hydrogen) atoms. The number of carbonyl (C=O) groups excluding carboxylic acids is 2. The lowest BCUT2D eigenvalue weighted by Crippen LogP contribution is -2.27. The van der Waals surface area contributed by atoms with Crippen LogP contribution in [0, 0.1) is 0 Å². The molecule has 0 spiro atoms. The number of esters is 1. The highest BCUT2D eigenvalue weighted by atomic mass is 16.7. The van der Waals surface area contributed by atoms with Gasteiger partial charge in [0.25, 0.3) is 0 Å². The molecule has 1 aromatic carbocycles. The van der Waals surface area contributed by atoms with E-state index in [1.165, 1.54) is 4.90 Å². The van der Waals surface area contributed by atoms with Gasteiger partial charge in [-0.2, -0.15) is 0 Å². The number of likely N-dealkylation sites (N-methyl/N-ethyl adjacent to an activating group) is 1. The van der Waals surface area contributed by atoms with E-state index in [0.29, 0.717) is 12.0 Å². The van der Waals surface area contributed by atoms with Crippen molar-refractivity contribution in [1.82, 2.24) is 4.90 Å². The molecule has 1 aromatic rings. The highest BCUT2D eigenvalue weighted by Crippen LogP contribution is 2.08. The molecule has 0 fully saturated rings. The fourth-order valence-corrected chi connectivity index (χ4v) is 1.50. The molecule has 0 saturated carbocycles. The number of hydrogen-bond acceptors (Lipinski definition) is 5.